The van der Waals surface area contributed by atoms with Gasteiger partial charge in [-0.2, -0.15) is 0 Å². The molecule has 0 N–H and O–H groups in total. The molecule has 2 fully saturated rings. The first kappa shape index (κ1) is 13.6. The third kappa shape index (κ3) is 1.79. The van der Waals surface area contributed by atoms with Crippen molar-refractivity contribution < 1.29 is 13.9 Å². The highest BCUT2D eigenvalue weighted by Crippen LogP contribution is 2.66. The van der Waals surface area contributed by atoms with E-state index in [-0.39, 0.29) is 28.7 Å². The van der Waals surface area contributed by atoms with Gasteiger partial charge < -0.3 is 4.74 Å². The largest absolute Gasteiger partial charge is 0.458 e. The van der Waals surface area contributed by atoms with Gasteiger partial charge >= 0.3 is 5.97 Å². The van der Waals surface area contributed by atoms with Crippen LogP contribution in [0.4, 0.5) is 4.39 Å². The van der Waals surface area contributed by atoms with Crippen LogP contribution in [0.3, 0.4) is 0 Å². The van der Waals surface area contributed by atoms with E-state index >= 15 is 0 Å². The fraction of sp³-hybridized carbons (Fsp3) is 0.588. The van der Waals surface area contributed by atoms with Crippen molar-refractivity contribution in [2.45, 2.75) is 46.1 Å². The lowest BCUT2D eigenvalue weighted by Gasteiger charge is -2.38. The molecule has 0 spiro atoms. The second-order valence-corrected chi connectivity index (χ2v) is 7.01. The van der Waals surface area contributed by atoms with E-state index < -0.39 is 0 Å². The van der Waals surface area contributed by atoms with Gasteiger partial charge in [0.05, 0.1) is 5.56 Å². The van der Waals surface area contributed by atoms with E-state index in [4.69, 9.17) is 4.74 Å². The van der Waals surface area contributed by atoms with E-state index in [0.29, 0.717) is 11.5 Å². The van der Waals surface area contributed by atoms with Crippen LogP contribution in [-0.4, -0.2) is 12.1 Å². The molecular formula is C17H21FO2. The van der Waals surface area contributed by atoms with Crippen molar-refractivity contribution in [2.24, 2.45) is 16.7 Å². The van der Waals surface area contributed by atoms with E-state index in [1.54, 1.807) is 0 Å². The Hall–Kier alpha value is -1.38. The number of rotatable bonds is 2. The second kappa shape index (κ2) is 4.31. The smallest absolute Gasteiger partial charge is 0.338 e. The minimum atomic E-state index is -0.338. The summed E-state index contributed by atoms with van der Waals surface area (Å²) in [4.78, 5) is 12.2. The van der Waals surface area contributed by atoms with Crippen LogP contribution in [0.5, 0.6) is 0 Å². The second-order valence-electron chi connectivity index (χ2n) is 7.01. The van der Waals surface area contributed by atoms with Gasteiger partial charge in [0.15, 0.2) is 0 Å². The van der Waals surface area contributed by atoms with E-state index in [2.05, 4.69) is 20.8 Å². The molecule has 2 saturated carbocycles. The van der Waals surface area contributed by atoms with Gasteiger partial charge in [0.2, 0.25) is 0 Å². The van der Waals surface area contributed by atoms with Crippen LogP contribution in [0.15, 0.2) is 24.3 Å². The fourth-order valence-corrected chi connectivity index (χ4v) is 4.09. The lowest BCUT2D eigenvalue weighted by atomic mass is 9.70. The number of carbonyl (C=O) groups excluding carboxylic acids is 1. The van der Waals surface area contributed by atoms with Gasteiger partial charge in [-0.3, -0.25) is 0 Å². The van der Waals surface area contributed by atoms with Gasteiger partial charge in [0, 0.05) is 5.41 Å². The molecule has 0 saturated heterocycles. The summed E-state index contributed by atoms with van der Waals surface area (Å²) in [6.45, 7) is 6.81. The van der Waals surface area contributed by atoms with Crippen LogP contribution in [-0.2, 0) is 4.74 Å². The number of halogens is 1. The third-order valence-corrected chi connectivity index (χ3v) is 6.04. The molecule has 20 heavy (non-hydrogen) atoms. The van der Waals surface area contributed by atoms with Gasteiger partial charge in [-0.05, 0) is 54.9 Å². The monoisotopic (exact) mass is 276 g/mol. The van der Waals surface area contributed by atoms with Gasteiger partial charge in [-0.1, -0.05) is 20.8 Å². The predicted molar refractivity (Wildman–Crippen MR) is 74.8 cm³/mol. The predicted octanol–water partition coefficient (Wildman–Crippen LogP) is 4.20. The summed E-state index contributed by atoms with van der Waals surface area (Å²) in [6, 6.07) is 5.56. The zero-order valence-electron chi connectivity index (χ0n) is 12.3. The Morgan fingerprint density at radius 3 is 2.40 bits per heavy atom. The zero-order valence-corrected chi connectivity index (χ0v) is 12.3. The molecule has 0 amide bonds. The van der Waals surface area contributed by atoms with Gasteiger partial charge in [0.25, 0.3) is 0 Å². The van der Waals surface area contributed by atoms with Crippen molar-refractivity contribution >= 4 is 5.97 Å². The maximum atomic E-state index is 12.9. The molecule has 3 atom stereocenters. The van der Waals surface area contributed by atoms with Gasteiger partial charge in [0.1, 0.15) is 11.9 Å². The van der Waals surface area contributed by atoms with Crippen molar-refractivity contribution in [3.63, 3.8) is 0 Å². The lowest BCUT2D eigenvalue weighted by Crippen LogP contribution is -2.38. The summed E-state index contributed by atoms with van der Waals surface area (Å²) in [7, 11) is 0. The molecule has 0 aromatic heterocycles. The fourth-order valence-electron chi connectivity index (χ4n) is 4.09. The molecule has 3 heteroatoms. The summed E-state index contributed by atoms with van der Waals surface area (Å²) in [5, 5.41) is 0. The van der Waals surface area contributed by atoms with E-state index in [1.807, 2.05) is 0 Å². The quantitative estimate of drug-likeness (QED) is 0.757. The summed E-state index contributed by atoms with van der Waals surface area (Å²) >= 11 is 0. The highest BCUT2D eigenvalue weighted by molar-refractivity contribution is 5.89. The SMILES string of the molecule is CC1(C)C2CCC1(C)C(OC(=O)c1ccc(F)cc1)C2. The number of hydrogen-bond donors (Lipinski definition) is 0. The van der Waals surface area contributed by atoms with Gasteiger partial charge in [-0.15, -0.1) is 0 Å². The zero-order chi connectivity index (χ0) is 14.5. The molecule has 2 bridgehead atoms. The molecule has 108 valence electrons. The van der Waals surface area contributed by atoms with E-state index in [0.717, 1.165) is 12.8 Å². The summed E-state index contributed by atoms with van der Waals surface area (Å²) < 4.78 is 18.6. The van der Waals surface area contributed by atoms with Crippen LogP contribution >= 0.6 is 0 Å². The molecule has 2 nitrogen and oxygen atoms in total. The van der Waals surface area contributed by atoms with Crippen LogP contribution in [0.1, 0.15) is 50.4 Å². The molecule has 0 radical (unpaired) electrons. The first-order valence-corrected chi connectivity index (χ1v) is 7.31. The molecule has 1 aromatic rings. The Kier molecular flexibility index (Phi) is 2.93. The number of carbonyl (C=O) groups is 1. The summed E-state index contributed by atoms with van der Waals surface area (Å²) in [6.07, 6.45) is 3.28. The first-order chi connectivity index (χ1) is 9.34. The standard InChI is InChI=1S/C17H21FO2/c1-16(2)12-8-9-17(16,3)14(10-12)20-15(19)11-4-6-13(18)7-5-11/h4-7,12,14H,8-10H2,1-3H3. The molecular weight excluding hydrogens is 255 g/mol. The average molecular weight is 276 g/mol. The number of ether oxygens (including phenoxy) is 1. The number of esters is 1. The maximum absolute atomic E-state index is 12.9. The summed E-state index contributed by atoms with van der Waals surface area (Å²) in [5.41, 5.74) is 0.712. The lowest BCUT2D eigenvalue weighted by molar-refractivity contribution is -0.0242. The molecule has 0 aliphatic heterocycles. The molecule has 3 unspecified atom stereocenters. The minimum Gasteiger partial charge on any atom is -0.458 e. The van der Waals surface area contributed by atoms with E-state index in [1.165, 1.54) is 30.7 Å². The molecule has 0 heterocycles. The molecule has 2 aliphatic rings. The van der Waals surface area contributed by atoms with Crippen molar-refractivity contribution in [3.05, 3.63) is 35.6 Å². The number of hydrogen-bond acceptors (Lipinski definition) is 2. The Morgan fingerprint density at radius 2 is 1.90 bits per heavy atom. The highest BCUT2D eigenvalue weighted by Gasteiger charge is 2.62. The van der Waals surface area contributed by atoms with Crippen LogP contribution in [0.25, 0.3) is 0 Å². The Balaban J connectivity index is 1.76. The van der Waals surface area contributed by atoms with Crippen molar-refractivity contribution in [2.75, 3.05) is 0 Å². The Morgan fingerprint density at radius 1 is 1.25 bits per heavy atom. The van der Waals surface area contributed by atoms with Crippen LogP contribution in [0.2, 0.25) is 0 Å². The average Bonchev–Trinajstić information content (AvgIpc) is 2.72. The maximum Gasteiger partial charge on any atom is 0.338 e. The number of benzene rings is 1. The number of fused-ring (bicyclic) bond motifs is 2. The first-order valence-electron chi connectivity index (χ1n) is 7.31. The Bertz CT molecular complexity index is 534. The normalized spacial score (nSPS) is 34.2. The van der Waals surface area contributed by atoms with Crippen LogP contribution in [0, 0.1) is 22.6 Å². The third-order valence-electron chi connectivity index (χ3n) is 6.04. The summed E-state index contributed by atoms with van der Waals surface area (Å²) in [5.74, 6) is -0.0346. The highest BCUT2D eigenvalue weighted by atomic mass is 19.1. The minimum absolute atomic E-state index is 0.0196. The molecule has 2 aliphatic carbocycles. The van der Waals surface area contributed by atoms with Crippen molar-refractivity contribution in [1.82, 2.24) is 0 Å². The van der Waals surface area contributed by atoms with Gasteiger partial charge in [-0.25, -0.2) is 9.18 Å². The van der Waals surface area contributed by atoms with Crippen molar-refractivity contribution in [1.29, 1.82) is 0 Å². The van der Waals surface area contributed by atoms with Crippen LogP contribution < -0.4 is 0 Å². The topological polar surface area (TPSA) is 26.3 Å². The molecule has 3 rings (SSSR count). The van der Waals surface area contributed by atoms with E-state index in [9.17, 15) is 9.18 Å². The van der Waals surface area contributed by atoms with Crippen molar-refractivity contribution in [3.8, 4) is 0 Å². The molecule has 1 aromatic carbocycles. The Labute approximate surface area is 119 Å².